The third-order valence-corrected chi connectivity index (χ3v) is 5.20. The number of nitrogens with one attached hydrogen (secondary N) is 1. The Balaban J connectivity index is 2.85. The SMILES string of the molecule is CC(NS(=O)(=O)C(C)C(N)=S)c1ccc(Cl)cc1. The minimum Gasteiger partial charge on any atom is -0.392 e. The standard InChI is InChI=1S/C11H15ClN2O2S2/c1-7(9-3-5-10(12)6-4-9)14-18(15,16)8(2)11(13)17/h3-8,14H,1-2H3,(H2,13,17). The van der Waals surface area contributed by atoms with Crippen LogP contribution in [0.3, 0.4) is 0 Å². The summed E-state index contributed by atoms with van der Waals surface area (Å²) >= 11 is 10.5. The van der Waals surface area contributed by atoms with Crippen LogP contribution in [0.2, 0.25) is 5.02 Å². The Bertz CT molecular complexity index is 528. The highest BCUT2D eigenvalue weighted by molar-refractivity contribution is 7.93. The summed E-state index contributed by atoms with van der Waals surface area (Å²) in [5.41, 5.74) is 6.17. The molecule has 0 spiro atoms. The smallest absolute Gasteiger partial charge is 0.221 e. The van der Waals surface area contributed by atoms with Gasteiger partial charge in [0.2, 0.25) is 10.0 Å². The molecule has 18 heavy (non-hydrogen) atoms. The van der Waals surface area contributed by atoms with Gasteiger partial charge >= 0.3 is 0 Å². The zero-order valence-corrected chi connectivity index (χ0v) is 12.4. The summed E-state index contributed by atoms with van der Waals surface area (Å²) in [6.45, 7) is 3.20. The third kappa shape index (κ3) is 3.91. The lowest BCUT2D eigenvalue weighted by molar-refractivity contribution is 0.564. The van der Waals surface area contributed by atoms with E-state index in [-0.39, 0.29) is 11.0 Å². The van der Waals surface area contributed by atoms with Gasteiger partial charge in [-0.25, -0.2) is 13.1 Å². The number of benzene rings is 1. The Morgan fingerprint density at radius 1 is 1.33 bits per heavy atom. The molecule has 3 N–H and O–H groups in total. The molecule has 2 unspecified atom stereocenters. The Morgan fingerprint density at radius 3 is 2.28 bits per heavy atom. The van der Waals surface area contributed by atoms with E-state index >= 15 is 0 Å². The first-order chi connectivity index (χ1) is 8.24. The zero-order valence-electron chi connectivity index (χ0n) is 10.1. The summed E-state index contributed by atoms with van der Waals surface area (Å²) in [5.74, 6) is 0. The van der Waals surface area contributed by atoms with Crippen LogP contribution >= 0.6 is 23.8 Å². The first-order valence-corrected chi connectivity index (χ1v) is 7.63. The van der Waals surface area contributed by atoms with E-state index in [0.717, 1.165) is 5.56 Å². The van der Waals surface area contributed by atoms with Crippen LogP contribution in [0.4, 0.5) is 0 Å². The number of hydrogen-bond acceptors (Lipinski definition) is 3. The number of sulfonamides is 1. The first kappa shape index (κ1) is 15.4. The monoisotopic (exact) mass is 306 g/mol. The van der Waals surface area contributed by atoms with Crippen molar-refractivity contribution in [3.05, 3.63) is 34.9 Å². The normalized spacial score (nSPS) is 15.1. The van der Waals surface area contributed by atoms with Gasteiger partial charge in [0.1, 0.15) is 5.25 Å². The highest BCUT2D eigenvalue weighted by Gasteiger charge is 2.25. The average Bonchev–Trinajstić information content (AvgIpc) is 2.28. The van der Waals surface area contributed by atoms with Gasteiger partial charge in [0.05, 0.1) is 4.99 Å². The van der Waals surface area contributed by atoms with Gasteiger partial charge < -0.3 is 5.73 Å². The van der Waals surface area contributed by atoms with Crippen LogP contribution in [0.1, 0.15) is 25.5 Å². The number of hydrogen-bond donors (Lipinski definition) is 2. The van der Waals surface area contributed by atoms with E-state index in [9.17, 15) is 8.42 Å². The largest absolute Gasteiger partial charge is 0.392 e. The summed E-state index contributed by atoms with van der Waals surface area (Å²) < 4.78 is 26.4. The van der Waals surface area contributed by atoms with E-state index in [1.54, 1.807) is 31.2 Å². The van der Waals surface area contributed by atoms with Crippen molar-refractivity contribution >= 4 is 38.8 Å². The lowest BCUT2D eigenvalue weighted by Gasteiger charge is -2.18. The summed E-state index contributed by atoms with van der Waals surface area (Å²) in [4.78, 5) is -0.0502. The molecular weight excluding hydrogens is 292 g/mol. The molecule has 0 heterocycles. The Hall–Kier alpha value is -0.690. The molecule has 0 aliphatic carbocycles. The van der Waals surface area contributed by atoms with Crippen LogP contribution in [0.25, 0.3) is 0 Å². The van der Waals surface area contributed by atoms with E-state index in [1.807, 2.05) is 0 Å². The highest BCUT2D eigenvalue weighted by atomic mass is 35.5. The molecule has 0 aliphatic heterocycles. The molecule has 7 heteroatoms. The third-order valence-electron chi connectivity index (χ3n) is 2.58. The van der Waals surface area contributed by atoms with Crippen molar-refractivity contribution in [2.45, 2.75) is 25.1 Å². The predicted molar refractivity (Wildman–Crippen MR) is 78.2 cm³/mol. The van der Waals surface area contributed by atoms with E-state index in [0.29, 0.717) is 5.02 Å². The number of nitrogens with two attached hydrogens (primary N) is 1. The van der Waals surface area contributed by atoms with Crippen LogP contribution in [0.5, 0.6) is 0 Å². The van der Waals surface area contributed by atoms with Crippen molar-refractivity contribution < 1.29 is 8.42 Å². The number of halogens is 1. The van der Waals surface area contributed by atoms with Crippen LogP contribution < -0.4 is 10.5 Å². The topological polar surface area (TPSA) is 72.2 Å². The molecule has 1 aromatic rings. The van der Waals surface area contributed by atoms with E-state index in [1.165, 1.54) is 6.92 Å². The van der Waals surface area contributed by atoms with Gasteiger partial charge in [-0.2, -0.15) is 0 Å². The first-order valence-electron chi connectivity index (χ1n) is 5.30. The van der Waals surface area contributed by atoms with Gasteiger partial charge in [0, 0.05) is 11.1 Å². The predicted octanol–water partition coefficient (Wildman–Crippen LogP) is 2.00. The molecule has 0 radical (unpaired) electrons. The van der Waals surface area contributed by atoms with Gasteiger partial charge in [-0.15, -0.1) is 0 Å². The van der Waals surface area contributed by atoms with Gasteiger partial charge in [0.15, 0.2) is 0 Å². The molecule has 0 aliphatic rings. The molecule has 0 fully saturated rings. The summed E-state index contributed by atoms with van der Waals surface area (Å²) in [6.07, 6.45) is 0. The average molecular weight is 307 g/mol. The van der Waals surface area contributed by atoms with E-state index in [2.05, 4.69) is 4.72 Å². The second-order valence-corrected chi connectivity index (χ2v) is 6.92. The lowest BCUT2D eigenvalue weighted by Crippen LogP contribution is -2.40. The Kier molecular flexibility index (Phi) is 5.10. The quantitative estimate of drug-likeness (QED) is 0.816. The minimum atomic E-state index is -3.57. The van der Waals surface area contributed by atoms with Gasteiger partial charge in [-0.1, -0.05) is 36.0 Å². The van der Waals surface area contributed by atoms with Crippen LogP contribution in [0.15, 0.2) is 24.3 Å². The fourth-order valence-corrected chi connectivity index (χ4v) is 2.97. The minimum absolute atomic E-state index is 0.0502. The molecule has 2 atom stereocenters. The maximum Gasteiger partial charge on any atom is 0.221 e. The molecule has 0 aromatic heterocycles. The Morgan fingerprint density at radius 2 is 1.83 bits per heavy atom. The zero-order chi connectivity index (χ0) is 13.9. The van der Waals surface area contributed by atoms with E-state index < -0.39 is 15.3 Å². The van der Waals surface area contributed by atoms with Gasteiger partial charge in [-0.05, 0) is 31.5 Å². The van der Waals surface area contributed by atoms with Crippen molar-refractivity contribution in [1.82, 2.24) is 4.72 Å². The molecule has 100 valence electrons. The fourth-order valence-electron chi connectivity index (χ4n) is 1.32. The lowest BCUT2D eigenvalue weighted by atomic mass is 10.1. The van der Waals surface area contributed by atoms with Crippen molar-refractivity contribution in [3.63, 3.8) is 0 Å². The maximum atomic E-state index is 11.9. The summed E-state index contributed by atoms with van der Waals surface area (Å²) in [5, 5.41) is -0.299. The van der Waals surface area contributed by atoms with Crippen LogP contribution in [-0.4, -0.2) is 18.7 Å². The van der Waals surface area contributed by atoms with Crippen LogP contribution in [-0.2, 0) is 10.0 Å². The molecular formula is C11H15ClN2O2S2. The Labute approximate surface area is 118 Å². The molecule has 0 saturated heterocycles. The van der Waals surface area contributed by atoms with E-state index in [4.69, 9.17) is 29.6 Å². The molecule has 0 saturated carbocycles. The molecule has 1 aromatic carbocycles. The number of thiocarbonyl (C=S) groups is 1. The van der Waals surface area contributed by atoms with Crippen molar-refractivity contribution in [2.75, 3.05) is 0 Å². The van der Waals surface area contributed by atoms with Crippen molar-refractivity contribution in [1.29, 1.82) is 0 Å². The second-order valence-electron chi connectivity index (χ2n) is 3.98. The maximum absolute atomic E-state index is 11.9. The number of rotatable bonds is 5. The molecule has 0 amide bonds. The molecule has 4 nitrogen and oxygen atoms in total. The van der Waals surface area contributed by atoms with Gasteiger partial charge in [-0.3, -0.25) is 0 Å². The van der Waals surface area contributed by atoms with Gasteiger partial charge in [0.25, 0.3) is 0 Å². The highest BCUT2D eigenvalue weighted by Crippen LogP contribution is 2.17. The van der Waals surface area contributed by atoms with Crippen molar-refractivity contribution in [3.8, 4) is 0 Å². The molecule has 0 bridgehead atoms. The second kappa shape index (κ2) is 5.97. The summed E-state index contributed by atoms with van der Waals surface area (Å²) in [7, 11) is -3.57. The fraction of sp³-hybridized carbons (Fsp3) is 0.364. The summed E-state index contributed by atoms with van der Waals surface area (Å²) in [6, 6.07) is 6.57. The van der Waals surface area contributed by atoms with Crippen molar-refractivity contribution in [2.24, 2.45) is 5.73 Å². The van der Waals surface area contributed by atoms with Crippen LogP contribution in [0, 0.1) is 0 Å². The molecule has 1 rings (SSSR count).